The summed E-state index contributed by atoms with van der Waals surface area (Å²) in [6.45, 7) is 8.35. The van der Waals surface area contributed by atoms with Crippen LogP contribution in [0.4, 0.5) is 0 Å². The average molecular weight is 262 g/mol. The van der Waals surface area contributed by atoms with Crippen molar-refractivity contribution in [3.63, 3.8) is 0 Å². The molecule has 2 aliphatic heterocycles. The lowest BCUT2D eigenvalue weighted by Gasteiger charge is -2.42. The second kappa shape index (κ2) is 4.67. The van der Waals surface area contributed by atoms with Gasteiger partial charge in [-0.25, -0.2) is 0 Å². The SMILES string of the molecule is Cc1occc1C(=O)N1C2CCC1CN(C(C)C)C2. The molecule has 1 aromatic heterocycles. The van der Waals surface area contributed by atoms with Crippen LogP contribution in [0.25, 0.3) is 0 Å². The summed E-state index contributed by atoms with van der Waals surface area (Å²) in [6, 6.07) is 3.12. The molecule has 3 heterocycles. The molecule has 2 atom stereocenters. The van der Waals surface area contributed by atoms with Crippen molar-refractivity contribution in [1.29, 1.82) is 0 Å². The molecule has 0 spiro atoms. The molecule has 1 aromatic rings. The number of fused-ring (bicyclic) bond motifs is 2. The maximum absolute atomic E-state index is 12.7. The largest absolute Gasteiger partial charge is 0.469 e. The van der Waals surface area contributed by atoms with Crippen LogP contribution in [0.3, 0.4) is 0 Å². The second-order valence-electron chi connectivity index (χ2n) is 6.04. The Bertz CT molecular complexity index is 466. The predicted molar refractivity (Wildman–Crippen MR) is 73.1 cm³/mol. The van der Waals surface area contributed by atoms with E-state index in [1.165, 1.54) is 0 Å². The van der Waals surface area contributed by atoms with Crippen molar-refractivity contribution in [1.82, 2.24) is 9.80 Å². The molecular weight excluding hydrogens is 240 g/mol. The summed E-state index contributed by atoms with van der Waals surface area (Å²) in [5.74, 6) is 0.887. The van der Waals surface area contributed by atoms with Crippen LogP contribution < -0.4 is 0 Å². The minimum absolute atomic E-state index is 0.155. The third-order valence-corrected chi connectivity index (χ3v) is 4.56. The number of likely N-dealkylation sites (tertiary alicyclic amines) is 1. The molecule has 2 aliphatic rings. The van der Waals surface area contributed by atoms with Gasteiger partial charge in [0.15, 0.2) is 0 Å². The maximum Gasteiger partial charge on any atom is 0.257 e. The van der Waals surface area contributed by atoms with Gasteiger partial charge in [0.2, 0.25) is 0 Å². The van der Waals surface area contributed by atoms with E-state index >= 15 is 0 Å². The number of furan rings is 1. The van der Waals surface area contributed by atoms with Gasteiger partial charge in [-0.05, 0) is 39.7 Å². The maximum atomic E-state index is 12.7. The van der Waals surface area contributed by atoms with E-state index in [1.54, 1.807) is 12.3 Å². The molecule has 0 radical (unpaired) electrons. The van der Waals surface area contributed by atoms with E-state index in [-0.39, 0.29) is 5.91 Å². The van der Waals surface area contributed by atoms with Crippen LogP contribution in [0.5, 0.6) is 0 Å². The van der Waals surface area contributed by atoms with Crippen molar-refractivity contribution in [3.8, 4) is 0 Å². The number of aryl methyl sites for hydroxylation is 1. The lowest BCUT2D eigenvalue weighted by molar-refractivity contribution is 0.0348. The molecule has 2 unspecified atom stereocenters. The number of rotatable bonds is 2. The Labute approximate surface area is 114 Å². The normalized spacial score (nSPS) is 27.3. The van der Waals surface area contributed by atoms with Gasteiger partial charge in [0.05, 0.1) is 11.8 Å². The van der Waals surface area contributed by atoms with Gasteiger partial charge in [-0.2, -0.15) is 0 Å². The molecule has 2 fully saturated rings. The fourth-order valence-electron chi connectivity index (χ4n) is 3.43. The molecular formula is C15H22N2O2. The lowest BCUT2D eigenvalue weighted by atomic mass is 10.1. The Morgan fingerprint density at radius 1 is 1.32 bits per heavy atom. The number of hydrogen-bond donors (Lipinski definition) is 0. The first-order valence-corrected chi connectivity index (χ1v) is 7.18. The quantitative estimate of drug-likeness (QED) is 0.820. The van der Waals surface area contributed by atoms with Crippen molar-refractivity contribution in [2.45, 2.75) is 51.7 Å². The summed E-state index contributed by atoms with van der Waals surface area (Å²) in [4.78, 5) is 17.3. The fourth-order valence-corrected chi connectivity index (χ4v) is 3.43. The minimum atomic E-state index is 0.155. The summed E-state index contributed by atoms with van der Waals surface area (Å²) < 4.78 is 5.27. The standard InChI is InChI=1S/C15H22N2O2/c1-10(2)16-8-12-4-5-13(9-16)17(12)15(18)14-6-7-19-11(14)3/h6-7,10,12-13H,4-5,8-9H2,1-3H3. The molecule has 1 amide bonds. The van der Waals surface area contributed by atoms with E-state index in [0.29, 0.717) is 18.1 Å². The third kappa shape index (κ3) is 2.08. The van der Waals surface area contributed by atoms with Crippen LogP contribution >= 0.6 is 0 Å². The number of amides is 1. The van der Waals surface area contributed by atoms with Crippen LogP contribution in [-0.2, 0) is 0 Å². The summed E-state index contributed by atoms with van der Waals surface area (Å²) in [5.41, 5.74) is 0.731. The Morgan fingerprint density at radius 2 is 1.95 bits per heavy atom. The number of carbonyl (C=O) groups is 1. The van der Waals surface area contributed by atoms with Crippen molar-refractivity contribution >= 4 is 5.91 Å². The fraction of sp³-hybridized carbons (Fsp3) is 0.667. The van der Waals surface area contributed by atoms with Gasteiger partial charge in [-0.1, -0.05) is 0 Å². The highest BCUT2D eigenvalue weighted by atomic mass is 16.3. The lowest BCUT2D eigenvalue weighted by Crippen LogP contribution is -2.57. The molecule has 0 aliphatic carbocycles. The van der Waals surface area contributed by atoms with E-state index in [9.17, 15) is 4.79 Å². The third-order valence-electron chi connectivity index (χ3n) is 4.56. The zero-order valence-corrected chi connectivity index (χ0v) is 11.9. The zero-order chi connectivity index (χ0) is 13.6. The van der Waals surface area contributed by atoms with Crippen molar-refractivity contribution < 1.29 is 9.21 Å². The molecule has 0 N–H and O–H groups in total. The number of piperazine rings is 1. The van der Waals surface area contributed by atoms with Crippen LogP contribution in [0.2, 0.25) is 0 Å². The predicted octanol–water partition coefficient (Wildman–Crippen LogP) is 2.29. The highest BCUT2D eigenvalue weighted by Gasteiger charge is 2.43. The summed E-state index contributed by atoms with van der Waals surface area (Å²) in [7, 11) is 0. The molecule has 3 rings (SSSR count). The van der Waals surface area contributed by atoms with E-state index < -0.39 is 0 Å². The van der Waals surface area contributed by atoms with Crippen LogP contribution in [-0.4, -0.2) is 46.9 Å². The number of carbonyl (C=O) groups excluding carboxylic acids is 1. The molecule has 19 heavy (non-hydrogen) atoms. The Morgan fingerprint density at radius 3 is 2.42 bits per heavy atom. The van der Waals surface area contributed by atoms with Gasteiger partial charge in [-0.3, -0.25) is 9.69 Å². The summed E-state index contributed by atoms with van der Waals surface area (Å²) >= 11 is 0. The number of hydrogen-bond acceptors (Lipinski definition) is 3. The summed E-state index contributed by atoms with van der Waals surface area (Å²) in [6.07, 6.45) is 3.88. The zero-order valence-electron chi connectivity index (χ0n) is 11.9. The van der Waals surface area contributed by atoms with Crippen LogP contribution in [0.1, 0.15) is 42.8 Å². The van der Waals surface area contributed by atoms with E-state index in [1.807, 2.05) is 6.92 Å². The Kier molecular flexibility index (Phi) is 3.13. The van der Waals surface area contributed by atoms with Gasteiger partial charge in [0.25, 0.3) is 5.91 Å². The second-order valence-corrected chi connectivity index (χ2v) is 6.04. The Hall–Kier alpha value is -1.29. The van der Waals surface area contributed by atoms with Crippen LogP contribution in [0.15, 0.2) is 16.7 Å². The number of nitrogens with zero attached hydrogens (tertiary/aromatic N) is 2. The van der Waals surface area contributed by atoms with Gasteiger partial charge in [-0.15, -0.1) is 0 Å². The van der Waals surface area contributed by atoms with Crippen molar-refractivity contribution in [2.75, 3.05) is 13.1 Å². The molecule has 0 saturated carbocycles. The first kappa shape index (κ1) is 12.7. The van der Waals surface area contributed by atoms with Crippen molar-refractivity contribution in [3.05, 3.63) is 23.7 Å². The topological polar surface area (TPSA) is 36.7 Å². The molecule has 2 bridgehead atoms. The molecule has 4 nitrogen and oxygen atoms in total. The minimum Gasteiger partial charge on any atom is -0.469 e. The first-order chi connectivity index (χ1) is 9.08. The van der Waals surface area contributed by atoms with E-state index in [0.717, 1.165) is 37.3 Å². The van der Waals surface area contributed by atoms with E-state index in [2.05, 4.69) is 23.6 Å². The average Bonchev–Trinajstić information content (AvgIpc) is 2.90. The smallest absolute Gasteiger partial charge is 0.257 e. The van der Waals surface area contributed by atoms with Gasteiger partial charge in [0.1, 0.15) is 5.76 Å². The molecule has 4 heteroatoms. The first-order valence-electron chi connectivity index (χ1n) is 7.18. The highest BCUT2D eigenvalue weighted by molar-refractivity contribution is 5.95. The molecule has 104 valence electrons. The van der Waals surface area contributed by atoms with Crippen molar-refractivity contribution in [2.24, 2.45) is 0 Å². The van der Waals surface area contributed by atoms with E-state index in [4.69, 9.17) is 4.42 Å². The Balaban J connectivity index is 1.81. The monoisotopic (exact) mass is 262 g/mol. The summed E-state index contributed by atoms with van der Waals surface area (Å²) in [5, 5.41) is 0. The highest BCUT2D eigenvalue weighted by Crippen LogP contribution is 2.32. The van der Waals surface area contributed by atoms with Gasteiger partial charge in [0, 0.05) is 31.2 Å². The van der Waals surface area contributed by atoms with Crippen LogP contribution in [0, 0.1) is 6.92 Å². The molecule has 2 saturated heterocycles. The van der Waals surface area contributed by atoms with Gasteiger partial charge < -0.3 is 9.32 Å². The van der Waals surface area contributed by atoms with Gasteiger partial charge >= 0.3 is 0 Å². The molecule has 0 aromatic carbocycles.